The summed E-state index contributed by atoms with van der Waals surface area (Å²) >= 11 is 0. The van der Waals surface area contributed by atoms with Crippen molar-refractivity contribution in [2.24, 2.45) is 5.41 Å². The molecule has 344 valence electrons. The quantitative estimate of drug-likeness (QED) is 0.160. The Morgan fingerprint density at radius 2 is 1.03 bits per heavy atom. The molecule has 1 aliphatic heterocycles. The summed E-state index contributed by atoms with van der Waals surface area (Å²) in [7, 11) is 0. The third-order valence-electron chi connectivity index (χ3n) is 13.7. The lowest BCUT2D eigenvalue weighted by atomic mass is 9.76. The number of aromatic nitrogens is 2. The van der Waals surface area contributed by atoms with Crippen molar-refractivity contribution < 1.29 is 4.74 Å². The average molecular weight is 879 g/mol. The first-order chi connectivity index (χ1) is 30.6. The fourth-order valence-electron chi connectivity index (χ4n) is 9.36. The zero-order valence-electron chi connectivity index (χ0n) is 43.0. The predicted molar refractivity (Wildman–Crippen MR) is 282 cm³/mol. The first-order valence-corrected chi connectivity index (χ1v) is 24.0. The molecular formula is C61H74N4O. The number of para-hydroxylation sites is 1. The first-order valence-electron chi connectivity index (χ1n) is 24.0. The van der Waals surface area contributed by atoms with Crippen LogP contribution in [-0.4, -0.2) is 16.2 Å². The third kappa shape index (κ3) is 9.03. The van der Waals surface area contributed by atoms with Gasteiger partial charge in [0.1, 0.15) is 17.3 Å². The minimum Gasteiger partial charge on any atom is -0.457 e. The first kappa shape index (κ1) is 46.7. The van der Waals surface area contributed by atoms with E-state index in [-0.39, 0.29) is 32.5 Å². The lowest BCUT2D eigenvalue weighted by Crippen LogP contribution is -2.31. The summed E-state index contributed by atoms with van der Waals surface area (Å²) in [6, 6.07) is 42.6. The van der Waals surface area contributed by atoms with Crippen molar-refractivity contribution in [3.8, 4) is 17.3 Å². The standard InChI is InChI=1S/C61H74N4O/c1-56(2,3)41-27-28-62-54(34-41)65-51-26-22-21-25-49(51)55-50(61(16,17)40-23-19-18-20-24-40)36-48(37-52(55)65)66-47-33-44(59(10,11)12)30-45(35-47)63-38-53(60(13,14)15)64(39-63)46-31-42(57(4,5)6)29-43(32-46)58(7,8)9/h18-38H,39H2,1-17H3. The summed E-state index contributed by atoms with van der Waals surface area (Å²) in [5.41, 5.74) is 12.8. The molecule has 0 N–H and O–H groups in total. The second kappa shape index (κ2) is 16.2. The van der Waals surface area contributed by atoms with Crippen LogP contribution >= 0.6 is 0 Å². The average Bonchev–Trinajstić information content (AvgIpc) is 3.83. The topological polar surface area (TPSA) is 33.5 Å². The van der Waals surface area contributed by atoms with Gasteiger partial charge in [0.15, 0.2) is 0 Å². The Morgan fingerprint density at radius 3 is 1.64 bits per heavy atom. The summed E-state index contributed by atoms with van der Waals surface area (Å²) in [5, 5.41) is 2.40. The molecule has 5 nitrogen and oxygen atoms in total. The van der Waals surface area contributed by atoms with E-state index in [9.17, 15) is 0 Å². The maximum atomic E-state index is 7.28. The van der Waals surface area contributed by atoms with E-state index in [1.165, 1.54) is 55.5 Å². The van der Waals surface area contributed by atoms with Gasteiger partial charge < -0.3 is 14.5 Å². The number of hydrogen-bond donors (Lipinski definition) is 0. The van der Waals surface area contributed by atoms with Crippen molar-refractivity contribution >= 4 is 33.2 Å². The fourth-order valence-corrected chi connectivity index (χ4v) is 9.36. The molecule has 0 fully saturated rings. The Kier molecular flexibility index (Phi) is 11.5. The van der Waals surface area contributed by atoms with Crippen LogP contribution in [0.1, 0.15) is 151 Å². The van der Waals surface area contributed by atoms with Crippen molar-refractivity contribution in [3.63, 3.8) is 0 Å². The van der Waals surface area contributed by atoms with Crippen LogP contribution in [0.3, 0.4) is 0 Å². The highest BCUT2D eigenvalue weighted by atomic mass is 16.5. The predicted octanol–water partition coefficient (Wildman–Crippen LogP) is 16.7. The van der Waals surface area contributed by atoms with E-state index in [1.807, 2.05) is 6.20 Å². The molecule has 5 heteroatoms. The molecule has 0 saturated heterocycles. The van der Waals surface area contributed by atoms with Crippen molar-refractivity contribution in [2.75, 3.05) is 16.5 Å². The van der Waals surface area contributed by atoms with E-state index in [0.717, 1.165) is 34.0 Å². The number of pyridine rings is 1. The molecule has 1 aliphatic rings. The maximum absolute atomic E-state index is 7.28. The second-order valence-electron chi connectivity index (χ2n) is 24.5. The lowest BCUT2D eigenvalue weighted by molar-refractivity contribution is 0.477. The van der Waals surface area contributed by atoms with Gasteiger partial charge in [0, 0.05) is 63.2 Å². The molecule has 0 aliphatic carbocycles. The van der Waals surface area contributed by atoms with Crippen LogP contribution in [0.4, 0.5) is 11.4 Å². The van der Waals surface area contributed by atoms with Gasteiger partial charge in [-0.1, -0.05) is 172 Å². The number of allylic oxidation sites excluding steroid dienone is 1. The summed E-state index contributed by atoms with van der Waals surface area (Å²) in [6.45, 7) is 39.9. The van der Waals surface area contributed by atoms with E-state index < -0.39 is 0 Å². The Bertz CT molecular complexity index is 2930. The number of hydrogen-bond acceptors (Lipinski definition) is 4. The molecule has 8 rings (SSSR count). The van der Waals surface area contributed by atoms with Crippen LogP contribution in [-0.2, 0) is 27.1 Å². The molecule has 7 aromatic rings. The van der Waals surface area contributed by atoms with Crippen LogP contribution < -0.4 is 14.5 Å². The second-order valence-corrected chi connectivity index (χ2v) is 24.5. The van der Waals surface area contributed by atoms with Gasteiger partial charge in [0.2, 0.25) is 0 Å². The molecule has 0 amide bonds. The van der Waals surface area contributed by atoms with Gasteiger partial charge in [0.05, 0.1) is 17.7 Å². The van der Waals surface area contributed by atoms with Gasteiger partial charge in [-0.2, -0.15) is 0 Å². The van der Waals surface area contributed by atoms with Gasteiger partial charge in [0.25, 0.3) is 0 Å². The highest BCUT2D eigenvalue weighted by Gasteiger charge is 2.34. The molecule has 2 aromatic heterocycles. The SMILES string of the molecule is CC(C)(C)C1=CN(c2cc(Oc3cc(C(C)(C)c4ccccc4)c4c5ccccc5n(-c5cc(C(C)(C)C)ccn5)c4c3)cc(C(C)(C)C)c2)CN1c1cc(C(C)(C)C)cc(C(C)(C)C)c1. The fraction of sp³-hybridized carbons (Fsp3) is 0.393. The monoisotopic (exact) mass is 879 g/mol. The van der Waals surface area contributed by atoms with E-state index in [0.29, 0.717) is 6.67 Å². The Morgan fingerprint density at radius 1 is 0.470 bits per heavy atom. The van der Waals surface area contributed by atoms with Gasteiger partial charge >= 0.3 is 0 Å². The normalized spacial score (nSPS) is 14.4. The summed E-state index contributed by atoms with van der Waals surface area (Å²) in [6.07, 6.45) is 4.32. The Balaban J connectivity index is 1.31. The maximum Gasteiger partial charge on any atom is 0.137 e. The Labute approximate surface area is 396 Å². The zero-order chi connectivity index (χ0) is 47.9. The number of benzene rings is 5. The van der Waals surface area contributed by atoms with Crippen LogP contribution in [0.2, 0.25) is 0 Å². The molecule has 5 aromatic carbocycles. The zero-order valence-corrected chi connectivity index (χ0v) is 43.0. The van der Waals surface area contributed by atoms with E-state index >= 15 is 0 Å². The molecule has 66 heavy (non-hydrogen) atoms. The van der Waals surface area contributed by atoms with Crippen LogP contribution in [0, 0.1) is 5.41 Å². The summed E-state index contributed by atoms with van der Waals surface area (Å²) in [4.78, 5) is 9.99. The number of nitrogens with zero attached hydrogens (tertiary/aromatic N) is 4. The third-order valence-corrected chi connectivity index (χ3v) is 13.7. The molecule has 3 heterocycles. The molecule has 0 atom stereocenters. The van der Waals surface area contributed by atoms with Gasteiger partial charge in [-0.25, -0.2) is 4.98 Å². The largest absolute Gasteiger partial charge is 0.457 e. The summed E-state index contributed by atoms with van der Waals surface area (Å²) in [5.74, 6) is 2.50. The van der Waals surface area contributed by atoms with Crippen molar-refractivity contribution in [3.05, 3.63) is 167 Å². The van der Waals surface area contributed by atoms with Gasteiger partial charge in [-0.05, 0) is 104 Å². The molecular weight excluding hydrogens is 805 g/mol. The lowest BCUT2D eigenvalue weighted by Gasteiger charge is -2.34. The number of ether oxygens (including phenoxy) is 1. The molecule has 0 unspecified atom stereocenters. The smallest absolute Gasteiger partial charge is 0.137 e. The molecule has 0 bridgehead atoms. The number of fused-ring (bicyclic) bond motifs is 3. The van der Waals surface area contributed by atoms with Crippen LogP contribution in [0.15, 0.2) is 133 Å². The Hall–Kier alpha value is -5.81. The highest BCUT2D eigenvalue weighted by Crippen LogP contribution is 2.47. The minimum absolute atomic E-state index is 0.00877. The number of anilines is 2. The van der Waals surface area contributed by atoms with Crippen molar-refractivity contribution in [2.45, 2.75) is 145 Å². The van der Waals surface area contributed by atoms with Gasteiger partial charge in [-0.3, -0.25) is 4.57 Å². The summed E-state index contributed by atoms with van der Waals surface area (Å²) < 4.78 is 9.62. The van der Waals surface area contributed by atoms with Gasteiger partial charge in [-0.15, -0.1) is 0 Å². The van der Waals surface area contributed by atoms with Crippen LogP contribution in [0.25, 0.3) is 27.6 Å². The van der Waals surface area contributed by atoms with E-state index in [4.69, 9.17) is 9.72 Å². The molecule has 0 spiro atoms. The highest BCUT2D eigenvalue weighted by molar-refractivity contribution is 6.11. The van der Waals surface area contributed by atoms with Crippen molar-refractivity contribution in [1.29, 1.82) is 0 Å². The molecule has 0 radical (unpaired) electrons. The van der Waals surface area contributed by atoms with E-state index in [1.54, 1.807) is 0 Å². The van der Waals surface area contributed by atoms with Crippen LogP contribution in [0.5, 0.6) is 11.5 Å². The van der Waals surface area contributed by atoms with Crippen molar-refractivity contribution in [1.82, 2.24) is 9.55 Å². The van der Waals surface area contributed by atoms with E-state index in [2.05, 4.69) is 254 Å². The molecule has 0 saturated carbocycles. The minimum atomic E-state index is -0.364. The number of rotatable bonds is 7.